The summed E-state index contributed by atoms with van der Waals surface area (Å²) in [7, 11) is 0. The Labute approximate surface area is 108 Å². The van der Waals surface area contributed by atoms with E-state index in [1.54, 1.807) is 13.0 Å². The molecule has 0 spiro atoms. The second kappa shape index (κ2) is 4.85. The lowest BCUT2D eigenvalue weighted by atomic mass is 10.2. The predicted octanol–water partition coefficient (Wildman–Crippen LogP) is 2.24. The van der Waals surface area contributed by atoms with Crippen molar-refractivity contribution in [2.45, 2.75) is 6.92 Å². The zero-order valence-corrected chi connectivity index (χ0v) is 10.0. The van der Waals surface area contributed by atoms with Gasteiger partial charge < -0.3 is 19.9 Å². The van der Waals surface area contributed by atoms with E-state index in [1.165, 1.54) is 18.2 Å². The minimum atomic E-state index is -1.16. The van der Waals surface area contributed by atoms with Gasteiger partial charge in [-0.05, 0) is 37.3 Å². The summed E-state index contributed by atoms with van der Waals surface area (Å²) < 4.78 is 5.13. The van der Waals surface area contributed by atoms with Gasteiger partial charge in [-0.2, -0.15) is 0 Å². The Bertz CT molecular complexity index is 644. The first kappa shape index (κ1) is 12.7. The number of hydrogen-bond donors (Lipinski definition) is 3. The summed E-state index contributed by atoms with van der Waals surface area (Å²) in [6, 6.07) is 6.80. The topological polar surface area (TPSA) is 99.8 Å². The van der Waals surface area contributed by atoms with E-state index in [0.29, 0.717) is 5.76 Å². The molecule has 0 atom stereocenters. The van der Waals surface area contributed by atoms with Crippen LogP contribution in [0.5, 0.6) is 5.75 Å². The fourth-order valence-electron chi connectivity index (χ4n) is 1.51. The minimum absolute atomic E-state index is 0.0654. The molecule has 2 aromatic rings. The van der Waals surface area contributed by atoms with Gasteiger partial charge in [-0.25, -0.2) is 4.79 Å². The zero-order valence-electron chi connectivity index (χ0n) is 10.0. The zero-order chi connectivity index (χ0) is 14.0. The third kappa shape index (κ3) is 2.74. The fraction of sp³-hybridized carbons (Fsp3) is 0.0769. The van der Waals surface area contributed by atoms with Crippen LogP contribution in [0.4, 0.5) is 5.69 Å². The highest BCUT2D eigenvalue weighted by Gasteiger charge is 2.13. The molecule has 1 heterocycles. The molecule has 0 radical (unpaired) electrons. The maximum atomic E-state index is 11.8. The Morgan fingerprint density at radius 3 is 2.47 bits per heavy atom. The van der Waals surface area contributed by atoms with Gasteiger partial charge in [0.2, 0.25) is 0 Å². The monoisotopic (exact) mass is 261 g/mol. The van der Waals surface area contributed by atoms with Gasteiger partial charge in [-0.1, -0.05) is 0 Å². The largest absolute Gasteiger partial charge is 0.506 e. The number of nitrogens with one attached hydrogen (secondary N) is 1. The third-order valence-electron chi connectivity index (χ3n) is 2.46. The van der Waals surface area contributed by atoms with Crippen molar-refractivity contribution in [3.8, 4) is 5.75 Å². The van der Waals surface area contributed by atoms with E-state index in [-0.39, 0.29) is 22.8 Å². The number of carboxylic acids is 1. The molecule has 0 saturated heterocycles. The normalized spacial score (nSPS) is 10.2. The molecule has 0 aliphatic heterocycles. The van der Waals surface area contributed by atoms with Crippen LogP contribution >= 0.6 is 0 Å². The van der Waals surface area contributed by atoms with Gasteiger partial charge in [0.1, 0.15) is 11.5 Å². The summed E-state index contributed by atoms with van der Waals surface area (Å²) in [5.41, 5.74) is 0.0494. The van der Waals surface area contributed by atoms with Crippen LogP contribution in [0.1, 0.15) is 26.7 Å². The summed E-state index contributed by atoms with van der Waals surface area (Å²) in [4.78, 5) is 22.5. The lowest BCUT2D eigenvalue weighted by Crippen LogP contribution is -2.11. The average Bonchev–Trinajstić information content (AvgIpc) is 2.78. The van der Waals surface area contributed by atoms with Gasteiger partial charge in [0.15, 0.2) is 5.76 Å². The molecule has 0 aliphatic rings. The highest BCUT2D eigenvalue weighted by molar-refractivity contribution is 6.03. The first-order valence-electron chi connectivity index (χ1n) is 5.41. The molecule has 0 unspecified atom stereocenters. The number of aromatic hydroxyl groups is 1. The van der Waals surface area contributed by atoms with E-state index < -0.39 is 11.9 Å². The smallest absolute Gasteiger partial charge is 0.335 e. The SMILES string of the molecule is Cc1ccc(C(=O)Nc2ccc(C(=O)O)cc2O)o1. The van der Waals surface area contributed by atoms with E-state index in [1.807, 2.05) is 0 Å². The number of phenols is 1. The van der Waals surface area contributed by atoms with Crippen LogP contribution in [-0.2, 0) is 0 Å². The molecule has 0 bridgehead atoms. The number of amides is 1. The first-order chi connectivity index (χ1) is 8.97. The Kier molecular flexibility index (Phi) is 3.24. The number of phenolic OH excluding ortho intramolecular Hbond substituents is 1. The van der Waals surface area contributed by atoms with Gasteiger partial charge in [0, 0.05) is 0 Å². The highest BCUT2D eigenvalue weighted by atomic mass is 16.4. The van der Waals surface area contributed by atoms with Crippen LogP contribution in [0.25, 0.3) is 0 Å². The average molecular weight is 261 g/mol. The third-order valence-corrected chi connectivity index (χ3v) is 2.46. The standard InChI is InChI=1S/C13H11NO5/c1-7-2-5-11(19-7)12(16)14-9-4-3-8(13(17)18)6-10(9)15/h2-6,15H,1H3,(H,14,16)(H,17,18). The van der Waals surface area contributed by atoms with Crippen molar-refractivity contribution in [2.24, 2.45) is 0 Å². The molecule has 1 amide bonds. The van der Waals surface area contributed by atoms with Crippen LogP contribution < -0.4 is 5.32 Å². The van der Waals surface area contributed by atoms with Crippen molar-refractivity contribution in [1.82, 2.24) is 0 Å². The fourth-order valence-corrected chi connectivity index (χ4v) is 1.51. The van der Waals surface area contributed by atoms with Gasteiger partial charge in [-0.15, -0.1) is 0 Å². The first-order valence-corrected chi connectivity index (χ1v) is 5.41. The van der Waals surface area contributed by atoms with E-state index >= 15 is 0 Å². The van der Waals surface area contributed by atoms with Gasteiger partial charge in [0.05, 0.1) is 11.3 Å². The van der Waals surface area contributed by atoms with E-state index in [9.17, 15) is 14.7 Å². The number of carboxylic acid groups (broad SMARTS) is 1. The molecular weight excluding hydrogens is 250 g/mol. The van der Waals surface area contributed by atoms with Crippen molar-refractivity contribution in [3.05, 3.63) is 47.4 Å². The van der Waals surface area contributed by atoms with Crippen molar-refractivity contribution in [2.75, 3.05) is 5.32 Å². The summed E-state index contributed by atoms with van der Waals surface area (Å²) in [6.45, 7) is 1.70. The number of aryl methyl sites for hydroxylation is 1. The van der Waals surface area contributed by atoms with Crippen molar-refractivity contribution < 1.29 is 24.2 Å². The number of rotatable bonds is 3. The second-order valence-electron chi connectivity index (χ2n) is 3.90. The Balaban J connectivity index is 2.20. The number of carbonyl (C=O) groups excluding carboxylic acids is 1. The maximum absolute atomic E-state index is 11.8. The molecule has 2 rings (SSSR count). The number of carbonyl (C=O) groups is 2. The molecule has 1 aromatic carbocycles. The van der Waals surface area contributed by atoms with Gasteiger partial charge in [-0.3, -0.25) is 4.79 Å². The number of hydrogen-bond acceptors (Lipinski definition) is 4. The Hall–Kier alpha value is -2.76. The summed E-state index contributed by atoms with van der Waals surface area (Å²) >= 11 is 0. The lowest BCUT2D eigenvalue weighted by Gasteiger charge is -2.06. The van der Waals surface area contributed by atoms with Crippen molar-refractivity contribution in [1.29, 1.82) is 0 Å². The number of benzene rings is 1. The summed E-state index contributed by atoms with van der Waals surface area (Å²) in [5, 5.41) is 20.8. The summed E-state index contributed by atoms with van der Waals surface area (Å²) in [5.74, 6) is -1.30. The molecule has 6 heteroatoms. The molecule has 1 aromatic heterocycles. The van der Waals surface area contributed by atoms with E-state index in [4.69, 9.17) is 9.52 Å². The van der Waals surface area contributed by atoms with E-state index in [2.05, 4.69) is 5.32 Å². The van der Waals surface area contributed by atoms with Crippen LogP contribution in [0.2, 0.25) is 0 Å². The van der Waals surface area contributed by atoms with Gasteiger partial charge in [0.25, 0.3) is 5.91 Å². The molecule has 0 fully saturated rings. The molecule has 0 saturated carbocycles. The second-order valence-corrected chi connectivity index (χ2v) is 3.90. The van der Waals surface area contributed by atoms with Crippen LogP contribution in [0.15, 0.2) is 34.7 Å². The lowest BCUT2D eigenvalue weighted by molar-refractivity contribution is 0.0696. The quantitative estimate of drug-likeness (QED) is 0.736. The Morgan fingerprint density at radius 2 is 1.95 bits per heavy atom. The molecule has 6 nitrogen and oxygen atoms in total. The number of furan rings is 1. The van der Waals surface area contributed by atoms with Crippen molar-refractivity contribution in [3.63, 3.8) is 0 Å². The molecule has 0 aliphatic carbocycles. The Morgan fingerprint density at radius 1 is 1.21 bits per heavy atom. The van der Waals surface area contributed by atoms with Crippen LogP contribution in [-0.4, -0.2) is 22.1 Å². The summed E-state index contributed by atoms with van der Waals surface area (Å²) in [6.07, 6.45) is 0. The predicted molar refractivity (Wildman–Crippen MR) is 66.5 cm³/mol. The molecule has 19 heavy (non-hydrogen) atoms. The number of anilines is 1. The van der Waals surface area contributed by atoms with Crippen molar-refractivity contribution >= 4 is 17.6 Å². The number of aromatic carboxylic acids is 1. The molecule has 98 valence electrons. The highest BCUT2D eigenvalue weighted by Crippen LogP contribution is 2.25. The maximum Gasteiger partial charge on any atom is 0.335 e. The van der Waals surface area contributed by atoms with Crippen LogP contribution in [0, 0.1) is 6.92 Å². The van der Waals surface area contributed by atoms with Gasteiger partial charge >= 0.3 is 5.97 Å². The van der Waals surface area contributed by atoms with Crippen LogP contribution in [0.3, 0.4) is 0 Å². The van der Waals surface area contributed by atoms with E-state index in [0.717, 1.165) is 6.07 Å². The molecule has 3 N–H and O–H groups in total. The molecular formula is C13H11NO5. The minimum Gasteiger partial charge on any atom is -0.506 e.